The molecule has 8 nitrogen and oxygen atoms in total. The van der Waals surface area contributed by atoms with Gasteiger partial charge in [-0.2, -0.15) is 0 Å². The molecule has 0 aromatic carbocycles. The lowest BCUT2D eigenvalue weighted by molar-refractivity contribution is -0.140. The summed E-state index contributed by atoms with van der Waals surface area (Å²) in [5, 5.41) is 6.58. The fraction of sp³-hybridized carbons (Fsp3) is 0.696. The molecule has 0 saturated carbocycles. The molecule has 0 spiro atoms. The van der Waals surface area contributed by atoms with E-state index in [1.165, 1.54) is 0 Å². The number of hydrogen-bond acceptors (Lipinski definition) is 4. The van der Waals surface area contributed by atoms with Gasteiger partial charge in [-0.3, -0.25) is 14.6 Å². The van der Waals surface area contributed by atoms with Crippen molar-refractivity contribution < 1.29 is 14.0 Å². The van der Waals surface area contributed by atoms with E-state index in [1.54, 1.807) is 13.3 Å². The Labute approximate surface area is 209 Å². The maximum atomic E-state index is 12.4. The first-order valence-electron chi connectivity index (χ1n) is 11.5. The van der Waals surface area contributed by atoms with Gasteiger partial charge in [0, 0.05) is 65.6 Å². The number of carbonyl (C=O) groups excluding carboxylic acids is 2. The molecule has 32 heavy (non-hydrogen) atoms. The molecule has 1 aromatic rings. The van der Waals surface area contributed by atoms with Gasteiger partial charge < -0.3 is 24.9 Å². The number of nitrogens with zero attached hydrogens (tertiary/aromatic N) is 3. The number of unbranched alkanes of at least 4 members (excludes halogenated alkanes) is 2. The molecule has 0 bridgehead atoms. The maximum Gasteiger partial charge on any atom is 0.222 e. The first kappa shape index (κ1) is 28.3. The average Bonchev–Trinajstić information content (AvgIpc) is 3.27. The quantitative estimate of drug-likeness (QED) is 0.188. The minimum absolute atomic E-state index is 0. The van der Waals surface area contributed by atoms with E-state index >= 15 is 0 Å². The Hall–Kier alpha value is -1.78. The van der Waals surface area contributed by atoms with Crippen LogP contribution in [-0.2, 0) is 16.0 Å². The van der Waals surface area contributed by atoms with Crippen LogP contribution in [0, 0.1) is 5.92 Å². The standard InChI is InChI=1S/C23H39N5O3.HI/c1-19(2)18-22(30)28-15-13-27(14-16-28)21(29)9-5-4-6-11-25-23(24-3)26-12-10-20-8-7-17-31-20;/h7-8,17,19H,4-6,9-16,18H2,1-3H3,(H2,24,25,26);1H. The average molecular weight is 562 g/mol. The molecule has 1 aliphatic heterocycles. The molecule has 0 atom stereocenters. The van der Waals surface area contributed by atoms with Gasteiger partial charge in [0.25, 0.3) is 0 Å². The van der Waals surface area contributed by atoms with Crippen molar-refractivity contribution in [2.24, 2.45) is 10.9 Å². The Balaban J connectivity index is 0.00000512. The molecule has 0 unspecified atom stereocenters. The van der Waals surface area contributed by atoms with E-state index < -0.39 is 0 Å². The van der Waals surface area contributed by atoms with Gasteiger partial charge in [0.2, 0.25) is 11.8 Å². The van der Waals surface area contributed by atoms with E-state index in [9.17, 15) is 9.59 Å². The number of rotatable bonds is 11. The second-order valence-corrected chi connectivity index (χ2v) is 8.43. The summed E-state index contributed by atoms with van der Waals surface area (Å²) in [6.45, 7) is 8.34. The number of amides is 2. The van der Waals surface area contributed by atoms with Crippen molar-refractivity contribution in [2.45, 2.75) is 52.4 Å². The van der Waals surface area contributed by atoms with Gasteiger partial charge in [-0.05, 0) is 30.9 Å². The van der Waals surface area contributed by atoms with Gasteiger partial charge in [0.15, 0.2) is 5.96 Å². The van der Waals surface area contributed by atoms with Crippen LogP contribution < -0.4 is 10.6 Å². The lowest BCUT2D eigenvalue weighted by atomic mass is 10.1. The maximum absolute atomic E-state index is 12.4. The molecule has 182 valence electrons. The highest BCUT2D eigenvalue weighted by Gasteiger charge is 2.23. The van der Waals surface area contributed by atoms with E-state index in [4.69, 9.17) is 4.42 Å². The largest absolute Gasteiger partial charge is 0.469 e. The minimum atomic E-state index is 0. The third-order valence-corrected chi connectivity index (χ3v) is 5.40. The van der Waals surface area contributed by atoms with Crippen LogP contribution >= 0.6 is 24.0 Å². The van der Waals surface area contributed by atoms with E-state index in [2.05, 4.69) is 29.5 Å². The van der Waals surface area contributed by atoms with E-state index in [0.717, 1.165) is 50.5 Å². The molecule has 0 aliphatic carbocycles. The lowest BCUT2D eigenvalue weighted by Gasteiger charge is -2.35. The zero-order chi connectivity index (χ0) is 22.5. The number of halogens is 1. The van der Waals surface area contributed by atoms with Crippen LogP contribution in [0.2, 0.25) is 0 Å². The van der Waals surface area contributed by atoms with E-state index in [-0.39, 0.29) is 35.8 Å². The number of carbonyl (C=O) groups is 2. The molecule has 9 heteroatoms. The first-order chi connectivity index (χ1) is 15.0. The predicted molar refractivity (Wildman–Crippen MR) is 138 cm³/mol. The van der Waals surface area contributed by atoms with Crippen molar-refractivity contribution in [3.8, 4) is 0 Å². The van der Waals surface area contributed by atoms with Crippen molar-refractivity contribution in [2.75, 3.05) is 46.3 Å². The number of guanidine groups is 1. The zero-order valence-electron chi connectivity index (χ0n) is 19.8. The van der Waals surface area contributed by atoms with Gasteiger partial charge in [-0.1, -0.05) is 20.3 Å². The summed E-state index contributed by atoms with van der Waals surface area (Å²) in [5.74, 6) is 2.53. The number of nitrogens with one attached hydrogen (secondary N) is 2. The second-order valence-electron chi connectivity index (χ2n) is 8.43. The molecular formula is C23H40IN5O3. The lowest BCUT2D eigenvalue weighted by Crippen LogP contribution is -2.50. The minimum Gasteiger partial charge on any atom is -0.469 e. The van der Waals surface area contributed by atoms with Crippen molar-refractivity contribution in [1.82, 2.24) is 20.4 Å². The monoisotopic (exact) mass is 561 g/mol. The van der Waals surface area contributed by atoms with E-state index in [1.807, 2.05) is 21.9 Å². The molecule has 1 aliphatic rings. The van der Waals surface area contributed by atoms with Crippen LogP contribution in [0.4, 0.5) is 0 Å². The molecule has 2 amide bonds. The Morgan fingerprint density at radius 3 is 2.28 bits per heavy atom. The molecule has 2 rings (SSSR count). The fourth-order valence-electron chi connectivity index (χ4n) is 3.61. The third kappa shape index (κ3) is 10.7. The highest BCUT2D eigenvalue weighted by Crippen LogP contribution is 2.10. The van der Waals surface area contributed by atoms with Crippen molar-refractivity contribution in [3.05, 3.63) is 24.2 Å². The van der Waals surface area contributed by atoms with Gasteiger partial charge in [-0.15, -0.1) is 24.0 Å². The van der Waals surface area contributed by atoms with Gasteiger partial charge in [0.1, 0.15) is 5.76 Å². The number of aliphatic imine (C=N–C) groups is 1. The number of piperazine rings is 1. The highest BCUT2D eigenvalue weighted by molar-refractivity contribution is 14.0. The second kappa shape index (κ2) is 15.9. The molecule has 0 radical (unpaired) electrons. The topological polar surface area (TPSA) is 90.2 Å². The zero-order valence-corrected chi connectivity index (χ0v) is 22.1. The molecule has 1 fully saturated rings. The Kier molecular flexibility index (Phi) is 14.1. The molecule has 2 heterocycles. The summed E-state index contributed by atoms with van der Waals surface area (Å²) >= 11 is 0. The van der Waals surface area contributed by atoms with E-state index in [0.29, 0.717) is 44.9 Å². The summed E-state index contributed by atoms with van der Waals surface area (Å²) in [7, 11) is 1.76. The van der Waals surface area contributed by atoms with Crippen LogP contribution in [0.5, 0.6) is 0 Å². The molecule has 2 N–H and O–H groups in total. The van der Waals surface area contributed by atoms with Crippen LogP contribution in [0.15, 0.2) is 27.8 Å². The molecule has 1 aromatic heterocycles. The SMILES string of the molecule is CN=C(NCCCCCC(=O)N1CCN(C(=O)CC(C)C)CC1)NCCc1ccco1.I. The molecule has 1 saturated heterocycles. The van der Waals surface area contributed by atoms with Crippen LogP contribution in [-0.4, -0.2) is 73.9 Å². The molecular weight excluding hydrogens is 521 g/mol. The summed E-state index contributed by atoms with van der Waals surface area (Å²) < 4.78 is 5.32. The van der Waals surface area contributed by atoms with Crippen molar-refractivity contribution in [1.29, 1.82) is 0 Å². The Morgan fingerprint density at radius 1 is 1.03 bits per heavy atom. The third-order valence-electron chi connectivity index (χ3n) is 5.40. The van der Waals surface area contributed by atoms with Gasteiger partial charge in [0.05, 0.1) is 6.26 Å². The van der Waals surface area contributed by atoms with Crippen LogP contribution in [0.3, 0.4) is 0 Å². The smallest absolute Gasteiger partial charge is 0.222 e. The summed E-state index contributed by atoms with van der Waals surface area (Å²) in [6.07, 6.45) is 6.54. The Morgan fingerprint density at radius 2 is 1.69 bits per heavy atom. The van der Waals surface area contributed by atoms with Crippen LogP contribution in [0.1, 0.15) is 51.7 Å². The van der Waals surface area contributed by atoms with Crippen molar-refractivity contribution >= 4 is 41.8 Å². The van der Waals surface area contributed by atoms with Gasteiger partial charge in [-0.25, -0.2) is 0 Å². The number of furan rings is 1. The fourth-order valence-corrected chi connectivity index (χ4v) is 3.61. The normalized spacial score (nSPS) is 14.3. The van der Waals surface area contributed by atoms with Gasteiger partial charge >= 0.3 is 0 Å². The Bertz CT molecular complexity index is 686. The summed E-state index contributed by atoms with van der Waals surface area (Å²) in [4.78, 5) is 32.6. The highest BCUT2D eigenvalue weighted by atomic mass is 127. The summed E-state index contributed by atoms with van der Waals surface area (Å²) in [6, 6.07) is 3.85. The van der Waals surface area contributed by atoms with Crippen molar-refractivity contribution in [3.63, 3.8) is 0 Å². The summed E-state index contributed by atoms with van der Waals surface area (Å²) in [5.41, 5.74) is 0. The van der Waals surface area contributed by atoms with Crippen LogP contribution in [0.25, 0.3) is 0 Å². The first-order valence-corrected chi connectivity index (χ1v) is 11.5. The predicted octanol–water partition coefficient (Wildman–Crippen LogP) is 2.88. The number of hydrogen-bond donors (Lipinski definition) is 2.